The van der Waals surface area contributed by atoms with Crippen LogP contribution < -0.4 is 0 Å². The molecule has 0 aromatic heterocycles. The zero-order chi connectivity index (χ0) is 6.62. The van der Waals surface area contributed by atoms with Gasteiger partial charge in [0.05, 0.1) is 5.88 Å². The van der Waals surface area contributed by atoms with Gasteiger partial charge in [-0.2, -0.15) is 0 Å². The van der Waals surface area contributed by atoms with Crippen LogP contribution in [0, 0.1) is 0 Å². The molecule has 0 N–H and O–H groups in total. The summed E-state index contributed by atoms with van der Waals surface area (Å²) in [5.41, 5.74) is 0. The smallest absolute Gasteiger partial charge is 0.146 e. The zero-order valence-corrected chi connectivity index (χ0v) is 5.74. The number of allylic oxidation sites excluding steroid dienone is 1. The Hall–Kier alpha value is -0.0100. The minimum atomic E-state index is -1.05. The van der Waals surface area contributed by atoms with Gasteiger partial charge in [-0.1, -0.05) is 6.08 Å². The first-order valence-corrected chi connectivity index (χ1v) is 2.94. The van der Waals surface area contributed by atoms with E-state index in [1.807, 2.05) is 0 Å². The first kappa shape index (κ1) is 7.99. The molecule has 0 aromatic rings. The van der Waals surface area contributed by atoms with Gasteiger partial charge in [0.15, 0.2) is 0 Å². The lowest BCUT2D eigenvalue weighted by atomic mass is 10.2. The second kappa shape index (κ2) is 3.10. The van der Waals surface area contributed by atoms with E-state index >= 15 is 0 Å². The highest BCUT2D eigenvalue weighted by Gasteiger charge is 2.19. The van der Waals surface area contributed by atoms with Crippen LogP contribution >= 0.6 is 23.2 Å². The average Bonchev–Trinajstić information content (AvgIpc) is 1.87. The summed E-state index contributed by atoms with van der Waals surface area (Å²) in [6, 6.07) is 0. The Morgan fingerprint density at radius 1 is 1.75 bits per heavy atom. The van der Waals surface area contributed by atoms with Crippen molar-refractivity contribution in [3.63, 3.8) is 0 Å². The predicted octanol–water partition coefficient (Wildman–Crippen LogP) is 1.59. The lowest BCUT2D eigenvalue weighted by Gasteiger charge is -2.08. The van der Waals surface area contributed by atoms with Gasteiger partial charge in [-0.15, -0.1) is 29.8 Å². The summed E-state index contributed by atoms with van der Waals surface area (Å²) in [6.45, 7) is 3.33. The van der Waals surface area contributed by atoms with Crippen molar-refractivity contribution < 1.29 is 4.79 Å². The van der Waals surface area contributed by atoms with E-state index in [0.717, 1.165) is 0 Å². The fourth-order valence-corrected chi connectivity index (χ4v) is 0.306. The Labute approximate surface area is 58.3 Å². The zero-order valence-electron chi connectivity index (χ0n) is 4.23. The van der Waals surface area contributed by atoms with Crippen LogP contribution in [-0.2, 0) is 4.79 Å². The molecule has 0 spiro atoms. The second-order valence-electron chi connectivity index (χ2n) is 1.38. The maximum atomic E-state index is 10.0. The van der Waals surface area contributed by atoms with Crippen molar-refractivity contribution in [2.45, 2.75) is 4.87 Å². The Balaban J connectivity index is 3.96. The third-order valence-corrected chi connectivity index (χ3v) is 1.70. The Kier molecular flexibility index (Phi) is 3.10. The van der Waals surface area contributed by atoms with Crippen LogP contribution in [0.3, 0.4) is 0 Å². The topological polar surface area (TPSA) is 17.1 Å². The molecule has 0 radical (unpaired) electrons. The predicted molar refractivity (Wildman–Crippen MR) is 35.6 cm³/mol. The molecule has 0 heterocycles. The van der Waals surface area contributed by atoms with Crippen molar-refractivity contribution in [2.75, 3.05) is 5.88 Å². The van der Waals surface area contributed by atoms with Crippen molar-refractivity contribution in [3.8, 4) is 0 Å². The number of halogens is 2. The third-order valence-electron chi connectivity index (χ3n) is 0.740. The summed E-state index contributed by atoms with van der Waals surface area (Å²) in [4.78, 5) is 8.95. The van der Waals surface area contributed by atoms with E-state index in [1.165, 1.54) is 6.08 Å². The molecule has 0 aliphatic carbocycles. The highest BCUT2D eigenvalue weighted by Crippen LogP contribution is 2.14. The Morgan fingerprint density at radius 3 is 2.25 bits per heavy atom. The molecule has 46 valence electrons. The monoisotopic (exact) mass is 152 g/mol. The standard InChI is InChI=1S/C5H6Cl2O/c1-2-5(7,3-6)4-8/h2,4H,1,3H2. The highest BCUT2D eigenvalue weighted by atomic mass is 35.5. The molecule has 0 rings (SSSR count). The van der Waals surface area contributed by atoms with E-state index in [4.69, 9.17) is 23.2 Å². The van der Waals surface area contributed by atoms with Gasteiger partial charge >= 0.3 is 0 Å². The molecule has 0 fully saturated rings. The fraction of sp³-hybridized carbons (Fsp3) is 0.400. The van der Waals surface area contributed by atoms with Crippen LogP contribution in [0.1, 0.15) is 0 Å². The van der Waals surface area contributed by atoms with Gasteiger partial charge in [0.2, 0.25) is 0 Å². The van der Waals surface area contributed by atoms with Crippen molar-refractivity contribution in [3.05, 3.63) is 12.7 Å². The minimum Gasteiger partial charge on any atom is -0.301 e. The molecular weight excluding hydrogens is 147 g/mol. The number of aldehydes is 1. The third kappa shape index (κ3) is 1.85. The maximum Gasteiger partial charge on any atom is 0.146 e. The molecule has 0 aromatic carbocycles. The van der Waals surface area contributed by atoms with Gasteiger partial charge in [-0.25, -0.2) is 0 Å². The van der Waals surface area contributed by atoms with E-state index < -0.39 is 4.87 Å². The van der Waals surface area contributed by atoms with E-state index in [9.17, 15) is 4.79 Å². The van der Waals surface area contributed by atoms with Gasteiger partial charge < -0.3 is 4.79 Å². The van der Waals surface area contributed by atoms with Gasteiger partial charge in [0.25, 0.3) is 0 Å². The van der Waals surface area contributed by atoms with Crippen molar-refractivity contribution in [1.29, 1.82) is 0 Å². The quantitative estimate of drug-likeness (QED) is 0.341. The summed E-state index contributed by atoms with van der Waals surface area (Å²) in [5.74, 6) is 0.0710. The average molecular weight is 153 g/mol. The van der Waals surface area contributed by atoms with E-state index in [-0.39, 0.29) is 5.88 Å². The summed E-state index contributed by atoms with van der Waals surface area (Å²) >= 11 is 10.7. The van der Waals surface area contributed by atoms with Crippen LogP contribution in [-0.4, -0.2) is 17.0 Å². The SMILES string of the molecule is C=CC(Cl)(C=O)CCl. The fourth-order valence-electron chi connectivity index (χ4n) is 0.134. The van der Waals surface area contributed by atoms with Crippen LogP contribution in [0.5, 0.6) is 0 Å². The van der Waals surface area contributed by atoms with E-state index in [0.29, 0.717) is 6.29 Å². The van der Waals surface area contributed by atoms with Crippen LogP contribution in [0.4, 0.5) is 0 Å². The van der Waals surface area contributed by atoms with Crippen LogP contribution in [0.25, 0.3) is 0 Å². The first-order chi connectivity index (χ1) is 3.68. The molecule has 1 atom stereocenters. The lowest BCUT2D eigenvalue weighted by molar-refractivity contribution is -0.108. The molecule has 3 heteroatoms. The first-order valence-electron chi connectivity index (χ1n) is 2.03. The summed E-state index contributed by atoms with van der Waals surface area (Å²) in [7, 11) is 0. The normalized spacial score (nSPS) is 16.8. The lowest BCUT2D eigenvalue weighted by Crippen LogP contribution is -2.21. The molecule has 0 aliphatic heterocycles. The molecule has 0 saturated carbocycles. The largest absolute Gasteiger partial charge is 0.301 e. The highest BCUT2D eigenvalue weighted by molar-refractivity contribution is 6.38. The molecular formula is C5H6Cl2O. The van der Waals surface area contributed by atoms with Crippen LogP contribution in [0.2, 0.25) is 0 Å². The summed E-state index contributed by atoms with van der Waals surface area (Å²) < 4.78 is 0. The Bertz CT molecular complexity index is 92.6. The molecule has 1 nitrogen and oxygen atoms in total. The molecule has 0 saturated heterocycles. The summed E-state index contributed by atoms with van der Waals surface area (Å²) in [5, 5.41) is 0. The van der Waals surface area contributed by atoms with E-state index in [1.54, 1.807) is 0 Å². The van der Waals surface area contributed by atoms with Gasteiger partial charge in [-0.3, -0.25) is 0 Å². The number of carbonyl (C=O) groups excluding carboxylic acids is 1. The van der Waals surface area contributed by atoms with Crippen molar-refractivity contribution >= 4 is 29.5 Å². The molecule has 0 aliphatic rings. The number of alkyl halides is 2. The minimum absolute atomic E-state index is 0.0710. The Morgan fingerprint density at radius 2 is 2.25 bits per heavy atom. The van der Waals surface area contributed by atoms with Crippen molar-refractivity contribution in [2.24, 2.45) is 0 Å². The number of rotatable bonds is 3. The molecule has 0 amide bonds. The summed E-state index contributed by atoms with van der Waals surface area (Å²) in [6.07, 6.45) is 1.88. The maximum absolute atomic E-state index is 10.0. The van der Waals surface area contributed by atoms with Crippen LogP contribution in [0.15, 0.2) is 12.7 Å². The number of hydrogen-bond donors (Lipinski definition) is 0. The molecule has 0 bridgehead atoms. The van der Waals surface area contributed by atoms with Gasteiger partial charge in [-0.05, 0) is 0 Å². The van der Waals surface area contributed by atoms with Crippen molar-refractivity contribution in [1.82, 2.24) is 0 Å². The number of hydrogen-bond acceptors (Lipinski definition) is 1. The van der Waals surface area contributed by atoms with Gasteiger partial charge in [0.1, 0.15) is 11.2 Å². The molecule has 1 unspecified atom stereocenters. The molecule has 8 heavy (non-hydrogen) atoms. The van der Waals surface area contributed by atoms with E-state index in [2.05, 4.69) is 6.58 Å². The number of carbonyl (C=O) groups is 1. The van der Waals surface area contributed by atoms with Gasteiger partial charge in [0, 0.05) is 0 Å². The second-order valence-corrected chi connectivity index (χ2v) is 2.35.